The summed E-state index contributed by atoms with van der Waals surface area (Å²) in [5.41, 5.74) is 0.985. The molecule has 3 heteroatoms. The molecule has 64 valence electrons. The Balaban J connectivity index is 2.64. The van der Waals surface area contributed by atoms with Crippen molar-refractivity contribution in [3.63, 3.8) is 0 Å². The van der Waals surface area contributed by atoms with Crippen LogP contribution in [0.4, 0.5) is 0 Å². The van der Waals surface area contributed by atoms with Gasteiger partial charge in [0.2, 0.25) is 0 Å². The minimum absolute atomic E-state index is 0.422. The lowest BCUT2D eigenvalue weighted by Crippen LogP contribution is -1.80. The molecule has 0 unspecified atom stereocenters. The Morgan fingerprint density at radius 3 is 3.08 bits per heavy atom. The zero-order chi connectivity index (χ0) is 9.26. The van der Waals surface area contributed by atoms with Crippen molar-refractivity contribution in [2.75, 3.05) is 0 Å². The van der Waals surface area contributed by atoms with E-state index in [-0.39, 0.29) is 0 Å². The number of thiophene rings is 1. The quantitative estimate of drug-likeness (QED) is 0.701. The molecule has 0 aliphatic carbocycles. The molecule has 0 bridgehead atoms. The fourth-order valence-electron chi connectivity index (χ4n) is 1.29. The predicted molar refractivity (Wildman–Crippen MR) is 56.2 cm³/mol. The van der Waals surface area contributed by atoms with Crippen LogP contribution < -0.4 is 0 Å². The summed E-state index contributed by atoms with van der Waals surface area (Å²) in [6, 6.07) is 8.01. The first-order valence-electron chi connectivity index (χ1n) is 3.84. The van der Waals surface area contributed by atoms with Gasteiger partial charge in [0.25, 0.3) is 0 Å². The fraction of sp³-hybridized carbons (Fsp3) is 0.100. The SMILES string of the molecule is N#CCc1cc(Cl)c2sccc2c1. The Labute approximate surface area is 85.2 Å². The normalized spacial score (nSPS) is 10.2. The van der Waals surface area contributed by atoms with Crippen LogP contribution in [0.15, 0.2) is 23.6 Å². The molecule has 0 amide bonds. The third-order valence-corrected chi connectivity index (χ3v) is 3.22. The molecule has 0 saturated carbocycles. The van der Waals surface area contributed by atoms with E-state index in [1.165, 1.54) is 0 Å². The van der Waals surface area contributed by atoms with Crippen molar-refractivity contribution in [2.24, 2.45) is 0 Å². The van der Waals surface area contributed by atoms with Crippen molar-refractivity contribution in [3.8, 4) is 6.07 Å². The third-order valence-electron chi connectivity index (χ3n) is 1.85. The number of hydrogen-bond donors (Lipinski definition) is 0. The highest BCUT2D eigenvalue weighted by molar-refractivity contribution is 7.17. The number of nitrogens with zero attached hydrogens (tertiary/aromatic N) is 1. The first-order valence-corrected chi connectivity index (χ1v) is 5.09. The van der Waals surface area contributed by atoms with Gasteiger partial charge in [0.05, 0.1) is 22.2 Å². The summed E-state index contributed by atoms with van der Waals surface area (Å²) < 4.78 is 1.10. The molecule has 2 rings (SSSR count). The zero-order valence-corrected chi connectivity index (χ0v) is 8.32. The van der Waals surface area contributed by atoms with Gasteiger partial charge in [-0.2, -0.15) is 5.26 Å². The van der Waals surface area contributed by atoms with E-state index < -0.39 is 0 Å². The molecule has 0 aliphatic rings. The average Bonchev–Trinajstić information content (AvgIpc) is 2.53. The molecule has 0 fully saturated rings. The Morgan fingerprint density at radius 2 is 2.31 bits per heavy atom. The topological polar surface area (TPSA) is 23.8 Å². The molecule has 0 spiro atoms. The van der Waals surface area contributed by atoms with E-state index in [1.807, 2.05) is 23.6 Å². The van der Waals surface area contributed by atoms with Gasteiger partial charge in [-0.1, -0.05) is 11.6 Å². The summed E-state index contributed by atoms with van der Waals surface area (Å²) >= 11 is 7.67. The summed E-state index contributed by atoms with van der Waals surface area (Å²) in [5, 5.41) is 12.4. The van der Waals surface area contributed by atoms with E-state index >= 15 is 0 Å². The second-order valence-electron chi connectivity index (χ2n) is 2.75. The van der Waals surface area contributed by atoms with Gasteiger partial charge >= 0.3 is 0 Å². The van der Waals surface area contributed by atoms with Gasteiger partial charge in [0.1, 0.15) is 0 Å². The molecule has 0 aliphatic heterocycles. The van der Waals surface area contributed by atoms with Crippen LogP contribution in [0.3, 0.4) is 0 Å². The molecule has 0 radical (unpaired) electrons. The van der Waals surface area contributed by atoms with Crippen molar-refractivity contribution in [1.82, 2.24) is 0 Å². The van der Waals surface area contributed by atoms with E-state index in [1.54, 1.807) is 11.3 Å². The summed E-state index contributed by atoms with van der Waals surface area (Å²) in [5.74, 6) is 0. The maximum absolute atomic E-state index is 8.54. The van der Waals surface area contributed by atoms with Crippen molar-refractivity contribution < 1.29 is 0 Å². The molecule has 2 aromatic rings. The molecule has 1 heterocycles. The van der Waals surface area contributed by atoms with E-state index in [9.17, 15) is 0 Å². The molecule has 1 aromatic heterocycles. The lowest BCUT2D eigenvalue weighted by Gasteiger charge is -1.97. The van der Waals surface area contributed by atoms with Crippen LogP contribution in [-0.2, 0) is 6.42 Å². The zero-order valence-electron chi connectivity index (χ0n) is 6.75. The van der Waals surface area contributed by atoms with Crippen LogP contribution in [0.25, 0.3) is 10.1 Å². The molecular formula is C10H6ClNS. The monoisotopic (exact) mass is 207 g/mol. The largest absolute Gasteiger partial charge is 0.198 e. The van der Waals surface area contributed by atoms with E-state index in [0.29, 0.717) is 6.42 Å². The minimum Gasteiger partial charge on any atom is -0.198 e. The van der Waals surface area contributed by atoms with E-state index in [2.05, 4.69) is 6.07 Å². The smallest absolute Gasteiger partial charge is 0.0669 e. The van der Waals surface area contributed by atoms with Crippen molar-refractivity contribution >= 4 is 33.0 Å². The number of halogens is 1. The van der Waals surface area contributed by atoms with Crippen LogP contribution in [-0.4, -0.2) is 0 Å². The molecular weight excluding hydrogens is 202 g/mol. The highest BCUT2D eigenvalue weighted by atomic mass is 35.5. The van der Waals surface area contributed by atoms with Crippen LogP contribution in [0.5, 0.6) is 0 Å². The molecule has 1 nitrogen and oxygen atoms in total. The maximum atomic E-state index is 8.54. The van der Waals surface area contributed by atoms with Crippen molar-refractivity contribution in [1.29, 1.82) is 5.26 Å². The Morgan fingerprint density at radius 1 is 1.46 bits per heavy atom. The van der Waals surface area contributed by atoms with Gasteiger partial charge in [-0.3, -0.25) is 0 Å². The highest BCUT2D eigenvalue weighted by Crippen LogP contribution is 2.30. The molecule has 13 heavy (non-hydrogen) atoms. The summed E-state index contributed by atoms with van der Waals surface area (Å²) in [6.07, 6.45) is 0.422. The molecule has 0 saturated heterocycles. The highest BCUT2D eigenvalue weighted by Gasteiger charge is 2.02. The van der Waals surface area contributed by atoms with E-state index in [0.717, 1.165) is 20.7 Å². The number of hydrogen-bond acceptors (Lipinski definition) is 2. The number of fused-ring (bicyclic) bond motifs is 1. The van der Waals surface area contributed by atoms with Gasteiger partial charge in [0, 0.05) is 0 Å². The summed E-state index contributed by atoms with van der Waals surface area (Å²) in [4.78, 5) is 0. The lowest BCUT2D eigenvalue weighted by molar-refractivity contribution is 1.27. The Hall–Kier alpha value is -1.04. The van der Waals surface area contributed by atoms with Gasteiger partial charge in [0.15, 0.2) is 0 Å². The number of benzene rings is 1. The third kappa shape index (κ3) is 1.53. The molecule has 1 aromatic carbocycles. The van der Waals surface area contributed by atoms with Crippen molar-refractivity contribution in [3.05, 3.63) is 34.2 Å². The first-order chi connectivity index (χ1) is 6.31. The number of rotatable bonds is 1. The second-order valence-corrected chi connectivity index (χ2v) is 4.07. The van der Waals surface area contributed by atoms with Gasteiger partial charge in [-0.05, 0) is 34.5 Å². The second kappa shape index (κ2) is 3.37. The average molecular weight is 208 g/mol. The predicted octanol–water partition coefficient (Wildman–Crippen LogP) is 3.62. The van der Waals surface area contributed by atoms with Crippen molar-refractivity contribution in [2.45, 2.75) is 6.42 Å². The summed E-state index contributed by atoms with van der Waals surface area (Å²) in [7, 11) is 0. The Bertz CT molecular complexity index is 481. The summed E-state index contributed by atoms with van der Waals surface area (Å²) in [6.45, 7) is 0. The van der Waals surface area contributed by atoms with Gasteiger partial charge in [-0.15, -0.1) is 11.3 Å². The number of nitriles is 1. The van der Waals surface area contributed by atoms with E-state index in [4.69, 9.17) is 16.9 Å². The van der Waals surface area contributed by atoms with Crippen LogP contribution >= 0.6 is 22.9 Å². The first kappa shape index (κ1) is 8.55. The standard InChI is InChI=1S/C10H6ClNS/c11-9-6-7(1-3-12)5-8-2-4-13-10(8)9/h2,4-6H,1H2. The lowest BCUT2D eigenvalue weighted by atomic mass is 10.1. The minimum atomic E-state index is 0.422. The molecule has 0 atom stereocenters. The molecule has 0 N–H and O–H groups in total. The van der Waals surface area contributed by atoms with Gasteiger partial charge < -0.3 is 0 Å². The van der Waals surface area contributed by atoms with Crippen LogP contribution in [0.1, 0.15) is 5.56 Å². The van der Waals surface area contributed by atoms with Crippen LogP contribution in [0, 0.1) is 11.3 Å². The Kier molecular flexibility index (Phi) is 2.22. The van der Waals surface area contributed by atoms with Crippen LogP contribution in [0.2, 0.25) is 5.02 Å². The fourth-order valence-corrected chi connectivity index (χ4v) is 2.46. The maximum Gasteiger partial charge on any atom is 0.0669 e. The van der Waals surface area contributed by atoms with Gasteiger partial charge in [-0.25, -0.2) is 0 Å².